The molecule has 1 rings (SSSR count). The molecule has 1 amide bonds. The van der Waals surface area contributed by atoms with Crippen LogP contribution in [-0.2, 0) is 4.79 Å². The Morgan fingerprint density at radius 2 is 1.91 bits per heavy atom. The van der Waals surface area contributed by atoms with Crippen molar-refractivity contribution in [2.75, 3.05) is 0 Å². The van der Waals surface area contributed by atoms with Crippen LogP contribution in [0.2, 0.25) is 5.02 Å². The lowest BCUT2D eigenvalue weighted by molar-refractivity contribution is -0.139. The van der Waals surface area contributed by atoms with Gasteiger partial charge in [-0.3, -0.25) is 4.79 Å². The van der Waals surface area contributed by atoms with Crippen LogP contribution in [0.1, 0.15) is 48.9 Å². The van der Waals surface area contributed by atoms with E-state index in [-0.39, 0.29) is 0 Å². The molecule has 120 valence electrons. The van der Waals surface area contributed by atoms with Crippen molar-refractivity contribution in [3.63, 3.8) is 0 Å². The van der Waals surface area contributed by atoms with Gasteiger partial charge in [0.05, 0.1) is 10.6 Å². The van der Waals surface area contributed by atoms with Crippen LogP contribution >= 0.6 is 11.6 Å². The van der Waals surface area contributed by atoms with Crippen molar-refractivity contribution in [3.8, 4) is 0 Å². The van der Waals surface area contributed by atoms with Gasteiger partial charge in [-0.15, -0.1) is 6.58 Å². The third-order valence-electron chi connectivity index (χ3n) is 3.37. The van der Waals surface area contributed by atoms with Gasteiger partial charge in [0.25, 0.3) is 5.91 Å². The van der Waals surface area contributed by atoms with Crippen LogP contribution in [0.5, 0.6) is 0 Å². The standard InChI is InChI=1S/C17H22ClNO3/c1-2-3-4-5-6-7-12-15(17(21)22)19-16(20)13-10-8-9-11-14(13)18/h2,8-11,15H,1,3-7,12H2,(H,19,20)(H,21,22)/t15-/m0/s1. The molecule has 5 heteroatoms. The molecule has 0 radical (unpaired) electrons. The van der Waals surface area contributed by atoms with E-state index in [1.807, 2.05) is 6.08 Å². The first-order chi connectivity index (χ1) is 10.6. The van der Waals surface area contributed by atoms with Crippen molar-refractivity contribution in [2.24, 2.45) is 0 Å². The molecule has 1 aromatic rings. The number of allylic oxidation sites excluding steroid dienone is 1. The number of carboxylic acid groups (broad SMARTS) is 1. The summed E-state index contributed by atoms with van der Waals surface area (Å²) < 4.78 is 0. The number of hydrogen-bond donors (Lipinski definition) is 2. The van der Waals surface area contributed by atoms with Crippen molar-refractivity contribution in [1.82, 2.24) is 5.32 Å². The first-order valence-corrected chi connectivity index (χ1v) is 7.83. The Hall–Kier alpha value is -1.81. The zero-order valence-corrected chi connectivity index (χ0v) is 13.3. The molecule has 0 aliphatic rings. The molecule has 0 saturated carbocycles. The summed E-state index contributed by atoms with van der Waals surface area (Å²) in [6.45, 7) is 3.66. The summed E-state index contributed by atoms with van der Waals surface area (Å²) in [7, 11) is 0. The van der Waals surface area contributed by atoms with Gasteiger partial charge in [-0.05, 0) is 31.4 Å². The smallest absolute Gasteiger partial charge is 0.326 e. The maximum Gasteiger partial charge on any atom is 0.326 e. The van der Waals surface area contributed by atoms with Crippen molar-refractivity contribution in [2.45, 2.75) is 44.6 Å². The molecule has 0 saturated heterocycles. The fourth-order valence-electron chi connectivity index (χ4n) is 2.13. The molecule has 1 aromatic carbocycles. The lowest BCUT2D eigenvalue weighted by atomic mass is 10.1. The number of carbonyl (C=O) groups excluding carboxylic acids is 1. The molecule has 2 N–H and O–H groups in total. The van der Waals surface area contributed by atoms with E-state index < -0.39 is 17.9 Å². The van der Waals surface area contributed by atoms with E-state index in [4.69, 9.17) is 11.6 Å². The molecule has 0 fully saturated rings. The number of halogens is 1. The second kappa shape index (κ2) is 10.0. The van der Waals surface area contributed by atoms with E-state index in [0.717, 1.165) is 32.1 Å². The van der Waals surface area contributed by atoms with Crippen LogP contribution in [0.3, 0.4) is 0 Å². The fourth-order valence-corrected chi connectivity index (χ4v) is 2.35. The van der Waals surface area contributed by atoms with Crippen molar-refractivity contribution < 1.29 is 14.7 Å². The SMILES string of the molecule is C=CCCCCCC[C@H](NC(=O)c1ccccc1Cl)C(=O)O. The Morgan fingerprint density at radius 1 is 1.23 bits per heavy atom. The summed E-state index contributed by atoms with van der Waals surface area (Å²) in [6, 6.07) is 5.70. The van der Waals surface area contributed by atoms with Gasteiger partial charge in [0.1, 0.15) is 6.04 Å². The molecule has 0 aliphatic heterocycles. The Balaban J connectivity index is 2.47. The predicted molar refractivity (Wildman–Crippen MR) is 88.2 cm³/mol. The van der Waals surface area contributed by atoms with Gasteiger partial charge in [-0.1, -0.05) is 49.1 Å². The number of amides is 1. The molecule has 4 nitrogen and oxygen atoms in total. The minimum Gasteiger partial charge on any atom is -0.480 e. The Morgan fingerprint density at radius 3 is 2.55 bits per heavy atom. The van der Waals surface area contributed by atoms with Crippen molar-refractivity contribution >= 4 is 23.5 Å². The van der Waals surface area contributed by atoms with E-state index in [9.17, 15) is 14.7 Å². The van der Waals surface area contributed by atoms with Crippen LogP contribution in [-0.4, -0.2) is 23.0 Å². The Labute approximate surface area is 136 Å². The molecule has 22 heavy (non-hydrogen) atoms. The summed E-state index contributed by atoms with van der Waals surface area (Å²) in [5.74, 6) is -1.48. The normalized spacial score (nSPS) is 11.7. The number of benzene rings is 1. The number of aliphatic carboxylic acids is 1. The van der Waals surface area contributed by atoms with Crippen molar-refractivity contribution in [1.29, 1.82) is 0 Å². The van der Waals surface area contributed by atoms with E-state index in [2.05, 4.69) is 11.9 Å². The third-order valence-corrected chi connectivity index (χ3v) is 3.70. The van der Waals surface area contributed by atoms with Gasteiger partial charge in [0, 0.05) is 0 Å². The summed E-state index contributed by atoms with van der Waals surface area (Å²) in [5, 5.41) is 12.1. The number of nitrogens with one attached hydrogen (secondary N) is 1. The molecule has 0 heterocycles. The maximum atomic E-state index is 12.1. The molecule has 0 aliphatic carbocycles. The highest BCUT2D eigenvalue weighted by Gasteiger charge is 2.21. The predicted octanol–water partition coefficient (Wildman–Crippen LogP) is 4.05. The Bertz CT molecular complexity index is 516. The third kappa shape index (κ3) is 6.31. The molecule has 0 unspecified atom stereocenters. The quantitative estimate of drug-likeness (QED) is 0.504. The number of rotatable bonds is 10. The monoisotopic (exact) mass is 323 g/mol. The number of carbonyl (C=O) groups is 2. The van der Waals surface area contributed by atoms with Gasteiger partial charge in [-0.25, -0.2) is 4.79 Å². The average molecular weight is 324 g/mol. The summed E-state index contributed by atoms with van der Waals surface area (Å²) in [6.07, 6.45) is 7.08. The molecule has 0 aromatic heterocycles. The van der Waals surface area contributed by atoms with Gasteiger partial charge in [-0.2, -0.15) is 0 Å². The first-order valence-electron chi connectivity index (χ1n) is 7.45. The molecular formula is C17H22ClNO3. The minimum atomic E-state index is -1.02. The maximum absolute atomic E-state index is 12.1. The van der Waals surface area contributed by atoms with E-state index in [0.29, 0.717) is 17.0 Å². The number of unbranched alkanes of at least 4 members (excludes halogenated alkanes) is 4. The average Bonchev–Trinajstić information content (AvgIpc) is 2.49. The summed E-state index contributed by atoms with van der Waals surface area (Å²) in [5.41, 5.74) is 0.293. The van der Waals surface area contributed by atoms with E-state index in [1.165, 1.54) is 0 Å². The van der Waals surface area contributed by atoms with Crippen LogP contribution in [0.15, 0.2) is 36.9 Å². The largest absolute Gasteiger partial charge is 0.480 e. The van der Waals surface area contributed by atoms with Gasteiger partial charge >= 0.3 is 5.97 Å². The van der Waals surface area contributed by atoms with Gasteiger partial charge < -0.3 is 10.4 Å². The zero-order chi connectivity index (χ0) is 16.4. The van der Waals surface area contributed by atoms with Crippen LogP contribution in [0, 0.1) is 0 Å². The lowest BCUT2D eigenvalue weighted by Crippen LogP contribution is -2.40. The second-order valence-corrected chi connectivity index (χ2v) is 5.53. The van der Waals surface area contributed by atoms with Gasteiger partial charge in [0.2, 0.25) is 0 Å². The fraction of sp³-hybridized carbons (Fsp3) is 0.412. The highest BCUT2D eigenvalue weighted by atomic mass is 35.5. The highest BCUT2D eigenvalue weighted by Crippen LogP contribution is 2.15. The molecule has 0 spiro atoms. The molecular weight excluding hydrogens is 302 g/mol. The molecule has 0 bridgehead atoms. The summed E-state index contributed by atoms with van der Waals surface area (Å²) in [4.78, 5) is 23.3. The topological polar surface area (TPSA) is 66.4 Å². The van der Waals surface area contributed by atoms with E-state index in [1.54, 1.807) is 24.3 Å². The van der Waals surface area contributed by atoms with Crippen LogP contribution in [0.25, 0.3) is 0 Å². The minimum absolute atomic E-state index is 0.293. The zero-order valence-electron chi connectivity index (χ0n) is 12.6. The number of carboxylic acids is 1. The van der Waals surface area contributed by atoms with Crippen LogP contribution < -0.4 is 5.32 Å². The molecule has 1 atom stereocenters. The van der Waals surface area contributed by atoms with Crippen LogP contribution in [0.4, 0.5) is 0 Å². The Kier molecular flexibility index (Phi) is 8.30. The summed E-state index contributed by atoms with van der Waals surface area (Å²) >= 11 is 5.94. The first kappa shape index (κ1) is 18.2. The van der Waals surface area contributed by atoms with Gasteiger partial charge in [0.15, 0.2) is 0 Å². The highest BCUT2D eigenvalue weighted by molar-refractivity contribution is 6.33. The van der Waals surface area contributed by atoms with Crippen molar-refractivity contribution in [3.05, 3.63) is 47.5 Å². The second-order valence-electron chi connectivity index (χ2n) is 5.12. The number of hydrogen-bond acceptors (Lipinski definition) is 2. The lowest BCUT2D eigenvalue weighted by Gasteiger charge is -2.15. The van der Waals surface area contributed by atoms with E-state index >= 15 is 0 Å².